The minimum absolute atomic E-state index is 0.0517. The lowest BCUT2D eigenvalue weighted by Gasteiger charge is -2.01. The highest BCUT2D eigenvalue weighted by Crippen LogP contribution is 2.14. The summed E-state index contributed by atoms with van der Waals surface area (Å²) in [5, 5.41) is 19.4. The van der Waals surface area contributed by atoms with Crippen molar-refractivity contribution in [1.82, 2.24) is 0 Å². The van der Waals surface area contributed by atoms with Crippen LogP contribution in [-0.2, 0) is 9.53 Å². The van der Waals surface area contributed by atoms with Crippen LogP contribution in [0.15, 0.2) is 29.8 Å². The summed E-state index contributed by atoms with van der Waals surface area (Å²) in [6.07, 6.45) is 2.00. The van der Waals surface area contributed by atoms with Gasteiger partial charge in [-0.15, -0.1) is 0 Å². The zero-order chi connectivity index (χ0) is 14.3. The molecule has 0 unspecified atom stereocenters. The maximum atomic E-state index is 11.5. The Morgan fingerprint density at radius 1 is 1.47 bits per heavy atom. The van der Waals surface area contributed by atoms with Gasteiger partial charge in [0.1, 0.15) is 11.6 Å². The predicted molar refractivity (Wildman–Crippen MR) is 67.9 cm³/mol. The maximum Gasteiger partial charge on any atom is 0.348 e. The second-order valence-corrected chi connectivity index (χ2v) is 3.65. The summed E-state index contributed by atoms with van der Waals surface area (Å²) < 4.78 is 4.84. The van der Waals surface area contributed by atoms with Crippen molar-refractivity contribution in [1.29, 1.82) is 5.26 Å². The van der Waals surface area contributed by atoms with Crippen LogP contribution in [0.2, 0.25) is 0 Å². The quantitative estimate of drug-likeness (QED) is 0.266. The first-order valence-corrected chi connectivity index (χ1v) is 5.62. The first-order valence-electron chi connectivity index (χ1n) is 5.62. The third-order valence-corrected chi connectivity index (χ3v) is 2.19. The van der Waals surface area contributed by atoms with Gasteiger partial charge < -0.3 is 4.74 Å². The predicted octanol–water partition coefficient (Wildman–Crippen LogP) is 2.45. The molecule has 0 aromatic heterocycles. The molecule has 0 bridgehead atoms. The topological polar surface area (TPSA) is 93.2 Å². The van der Waals surface area contributed by atoms with Crippen molar-refractivity contribution in [3.63, 3.8) is 0 Å². The molecule has 98 valence electrons. The molecule has 1 aromatic rings. The van der Waals surface area contributed by atoms with Crippen molar-refractivity contribution in [2.45, 2.75) is 13.3 Å². The SMILES string of the molecule is CCCOC(=O)C(C#N)=Cc1ccc([N+](=O)[O-])cc1. The normalized spacial score (nSPS) is 10.6. The maximum absolute atomic E-state index is 11.5. The molecule has 0 radical (unpaired) electrons. The number of rotatable bonds is 5. The van der Waals surface area contributed by atoms with Crippen molar-refractivity contribution in [3.05, 3.63) is 45.5 Å². The number of hydrogen-bond donors (Lipinski definition) is 0. The van der Waals surface area contributed by atoms with Gasteiger partial charge in [-0.05, 0) is 30.2 Å². The van der Waals surface area contributed by atoms with E-state index in [1.807, 2.05) is 6.92 Å². The molecule has 0 saturated heterocycles. The van der Waals surface area contributed by atoms with E-state index in [-0.39, 0.29) is 17.9 Å². The minimum Gasteiger partial charge on any atom is -0.462 e. The molecular formula is C13H12N2O4. The van der Waals surface area contributed by atoms with Crippen LogP contribution in [0.5, 0.6) is 0 Å². The third kappa shape index (κ3) is 4.24. The second kappa shape index (κ2) is 6.91. The molecule has 6 nitrogen and oxygen atoms in total. The van der Waals surface area contributed by atoms with E-state index >= 15 is 0 Å². The minimum atomic E-state index is -0.692. The largest absolute Gasteiger partial charge is 0.462 e. The monoisotopic (exact) mass is 260 g/mol. The number of benzene rings is 1. The number of nitro benzene ring substituents is 1. The van der Waals surface area contributed by atoms with Crippen molar-refractivity contribution >= 4 is 17.7 Å². The summed E-state index contributed by atoms with van der Waals surface area (Å²) in [5.41, 5.74) is 0.335. The lowest BCUT2D eigenvalue weighted by molar-refractivity contribution is -0.384. The van der Waals surface area contributed by atoms with Gasteiger partial charge in [-0.3, -0.25) is 10.1 Å². The van der Waals surface area contributed by atoms with Crippen LogP contribution < -0.4 is 0 Å². The van der Waals surface area contributed by atoms with E-state index in [1.165, 1.54) is 30.3 Å². The van der Waals surface area contributed by atoms with E-state index in [0.29, 0.717) is 12.0 Å². The Morgan fingerprint density at radius 2 is 2.11 bits per heavy atom. The molecule has 0 amide bonds. The van der Waals surface area contributed by atoms with Crippen LogP contribution >= 0.6 is 0 Å². The molecular weight excluding hydrogens is 248 g/mol. The number of hydrogen-bond acceptors (Lipinski definition) is 5. The molecule has 0 saturated carbocycles. The van der Waals surface area contributed by atoms with Crippen LogP contribution in [-0.4, -0.2) is 17.5 Å². The van der Waals surface area contributed by atoms with Gasteiger partial charge in [-0.25, -0.2) is 4.79 Å². The van der Waals surface area contributed by atoms with Gasteiger partial charge in [0, 0.05) is 12.1 Å². The molecule has 0 heterocycles. The highest BCUT2D eigenvalue weighted by atomic mass is 16.6. The van der Waals surface area contributed by atoms with E-state index in [1.54, 1.807) is 6.07 Å². The fourth-order valence-corrected chi connectivity index (χ4v) is 1.27. The summed E-state index contributed by atoms with van der Waals surface area (Å²) in [6.45, 7) is 2.09. The van der Waals surface area contributed by atoms with Crippen LogP contribution in [0, 0.1) is 21.4 Å². The average molecular weight is 260 g/mol. The fraction of sp³-hybridized carbons (Fsp3) is 0.231. The molecule has 1 aromatic carbocycles. The summed E-state index contributed by atoms with van der Waals surface area (Å²) in [7, 11) is 0. The van der Waals surface area contributed by atoms with Crippen LogP contribution in [0.1, 0.15) is 18.9 Å². The van der Waals surface area contributed by atoms with Crippen LogP contribution in [0.4, 0.5) is 5.69 Å². The highest BCUT2D eigenvalue weighted by Gasteiger charge is 2.10. The standard InChI is InChI=1S/C13H12N2O4/c1-2-7-19-13(16)11(9-14)8-10-3-5-12(6-4-10)15(17)18/h3-6,8H,2,7H2,1H3. The van der Waals surface area contributed by atoms with Gasteiger partial charge in [-0.1, -0.05) is 6.92 Å². The molecule has 0 N–H and O–H groups in total. The number of carbonyl (C=O) groups is 1. The molecule has 0 fully saturated rings. The van der Waals surface area contributed by atoms with E-state index < -0.39 is 10.9 Å². The lowest BCUT2D eigenvalue weighted by Crippen LogP contribution is -2.07. The Hall–Kier alpha value is -2.68. The number of non-ortho nitro benzene ring substituents is 1. The fourth-order valence-electron chi connectivity index (χ4n) is 1.27. The van der Waals surface area contributed by atoms with Crippen molar-refractivity contribution in [2.75, 3.05) is 6.61 Å². The Morgan fingerprint density at radius 3 is 2.58 bits per heavy atom. The van der Waals surface area contributed by atoms with Gasteiger partial charge in [-0.2, -0.15) is 5.26 Å². The number of carbonyl (C=O) groups excluding carboxylic acids is 1. The molecule has 0 spiro atoms. The molecule has 6 heteroatoms. The van der Waals surface area contributed by atoms with Gasteiger partial charge in [0.25, 0.3) is 5.69 Å². The Kier molecular flexibility index (Phi) is 5.23. The van der Waals surface area contributed by atoms with Crippen molar-refractivity contribution < 1.29 is 14.5 Å². The Bertz CT molecular complexity index is 541. The Labute approximate surface area is 110 Å². The molecule has 0 atom stereocenters. The first-order chi connectivity index (χ1) is 9.08. The summed E-state index contributed by atoms with van der Waals surface area (Å²) in [6, 6.07) is 7.28. The highest BCUT2D eigenvalue weighted by molar-refractivity contribution is 5.97. The number of nitro groups is 1. The third-order valence-electron chi connectivity index (χ3n) is 2.19. The molecule has 0 aliphatic rings. The molecule has 0 aliphatic carbocycles. The van der Waals surface area contributed by atoms with E-state index in [0.717, 1.165) is 0 Å². The average Bonchev–Trinajstić information content (AvgIpc) is 2.42. The van der Waals surface area contributed by atoms with Crippen molar-refractivity contribution in [2.24, 2.45) is 0 Å². The zero-order valence-corrected chi connectivity index (χ0v) is 10.3. The summed E-state index contributed by atoms with van der Waals surface area (Å²) >= 11 is 0. The first kappa shape index (κ1) is 14.4. The zero-order valence-electron chi connectivity index (χ0n) is 10.3. The summed E-state index contributed by atoms with van der Waals surface area (Å²) in [4.78, 5) is 21.5. The molecule has 19 heavy (non-hydrogen) atoms. The van der Waals surface area contributed by atoms with Gasteiger partial charge in [0.15, 0.2) is 0 Å². The van der Waals surface area contributed by atoms with Gasteiger partial charge >= 0.3 is 5.97 Å². The number of ether oxygens (including phenoxy) is 1. The van der Waals surface area contributed by atoms with Crippen LogP contribution in [0.3, 0.4) is 0 Å². The number of nitriles is 1. The lowest BCUT2D eigenvalue weighted by atomic mass is 10.1. The Balaban J connectivity index is 2.89. The van der Waals surface area contributed by atoms with E-state index in [2.05, 4.69) is 0 Å². The van der Waals surface area contributed by atoms with E-state index in [4.69, 9.17) is 10.00 Å². The smallest absolute Gasteiger partial charge is 0.348 e. The van der Waals surface area contributed by atoms with Crippen molar-refractivity contribution in [3.8, 4) is 6.07 Å². The van der Waals surface area contributed by atoms with E-state index in [9.17, 15) is 14.9 Å². The summed E-state index contributed by atoms with van der Waals surface area (Å²) in [5.74, 6) is -0.692. The van der Waals surface area contributed by atoms with Crippen LogP contribution in [0.25, 0.3) is 6.08 Å². The number of esters is 1. The number of nitrogens with zero attached hydrogens (tertiary/aromatic N) is 2. The van der Waals surface area contributed by atoms with Gasteiger partial charge in [0.05, 0.1) is 11.5 Å². The second-order valence-electron chi connectivity index (χ2n) is 3.65. The van der Waals surface area contributed by atoms with Gasteiger partial charge in [0.2, 0.25) is 0 Å². The molecule has 1 rings (SSSR count). The molecule has 0 aliphatic heterocycles.